The summed E-state index contributed by atoms with van der Waals surface area (Å²) in [7, 11) is 0. The molecule has 2 amide bonds. The minimum Gasteiger partial charge on any atom is -0.490 e. The van der Waals surface area contributed by atoms with Crippen LogP contribution in [0.15, 0.2) is 36.4 Å². The Morgan fingerprint density at radius 1 is 1.03 bits per heavy atom. The molecule has 6 nitrogen and oxygen atoms in total. The Bertz CT molecular complexity index is 1060. The molecular weight excluding hydrogens is 416 g/mol. The van der Waals surface area contributed by atoms with Crippen LogP contribution < -0.4 is 14.8 Å². The lowest BCUT2D eigenvalue weighted by Gasteiger charge is -2.45. The first-order valence-corrected chi connectivity index (χ1v) is 12.2. The summed E-state index contributed by atoms with van der Waals surface area (Å²) in [4.78, 5) is 29.1. The first kappa shape index (κ1) is 21.8. The average Bonchev–Trinajstić information content (AvgIpc) is 3.33. The van der Waals surface area contributed by atoms with Gasteiger partial charge in [-0.3, -0.25) is 9.59 Å². The lowest BCUT2D eigenvalue weighted by Crippen LogP contribution is -2.51. The number of hydrogen-bond donors (Lipinski definition) is 1. The Balaban J connectivity index is 1.62. The van der Waals surface area contributed by atoms with Gasteiger partial charge in [0.1, 0.15) is 0 Å². The molecule has 33 heavy (non-hydrogen) atoms. The predicted molar refractivity (Wildman–Crippen MR) is 126 cm³/mol. The summed E-state index contributed by atoms with van der Waals surface area (Å²) in [5.74, 6) is 0.947. The number of ether oxygens (including phenoxy) is 2. The summed E-state index contributed by atoms with van der Waals surface area (Å²) in [5.41, 5.74) is 3.57. The van der Waals surface area contributed by atoms with Crippen molar-refractivity contribution in [2.24, 2.45) is 0 Å². The molecule has 1 N–H and O–H groups in total. The number of fused-ring (bicyclic) bond motifs is 4. The number of amides is 2. The van der Waals surface area contributed by atoms with Gasteiger partial charge in [0.15, 0.2) is 11.5 Å². The number of carbonyl (C=O) groups is 2. The van der Waals surface area contributed by atoms with Gasteiger partial charge >= 0.3 is 0 Å². The van der Waals surface area contributed by atoms with E-state index in [1.807, 2.05) is 55.1 Å². The average molecular weight is 449 g/mol. The zero-order chi connectivity index (χ0) is 22.9. The lowest BCUT2D eigenvalue weighted by molar-refractivity contribution is -0.125. The summed E-state index contributed by atoms with van der Waals surface area (Å²) in [6.45, 7) is 5.54. The maximum absolute atomic E-state index is 13.8. The normalized spacial score (nSPS) is 21.8. The second kappa shape index (κ2) is 9.08. The smallest absolute Gasteiger partial charge is 0.254 e. The first-order chi connectivity index (χ1) is 16.1. The molecule has 0 unspecified atom stereocenters. The highest BCUT2D eigenvalue weighted by Gasteiger charge is 2.47. The van der Waals surface area contributed by atoms with Gasteiger partial charge < -0.3 is 19.7 Å². The molecule has 2 atom stereocenters. The van der Waals surface area contributed by atoms with Gasteiger partial charge in [0, 0.05) is 18.2 Å². The summed E-state index contributed by atoms with van der Waals surface area (Å²) in [6, 6.07) is 11.5. The van der Waals surface area contributed by atoms with E-state index in [1.165, 1.54) is 0 Å². The minimum atomic E-state index is -0.453. The van der Waals surface area contributed by atoms with Gasteiger partial charge in [-0.25, -0.2) is 0 Å². The third-order valence-corrected chi connectivity index (χ3v) is 7.17. The first-order valence-electron chi connectivity index (χ1n) is 12.2. The van der Waals surface area contributed by atoms with Crippen LogP contribution in [0.25, 0.3) is 0 Å². The number of nitrogens with zero attached hydrogens (tertiary/aromatic N) is 1. The van der Waals surface area contributed by atoms with Crippen molar-refractivity contribution in [2.75, 3.05) is 19.8 Å². The quantitative estimate of drug-likeness (QED) is 0.712. The number of nitrogens with one attached hydrogen (secondary N) is 1. The van der Waals surface area contributed by atoms with Crippen molar-refractivity contribution >= 4 is 11.8 Å². The Morgan fingerprint density at radius 3 is 2.45 bits per heavy atom. The highest BCUT2D eigenvalue weighted by Crippen LogP contribution is 2.48. The number of rotatable bonds is 6. The molecule has 1 saturated carbocycles. The number of benzene rings is 2. The molecule has 2 aliphatic heterocycles. The Labute approximate surface area is 195 Å². The molecule has 5 rings (SSSR count). The standard InChI is InChI=1S/C27H32N2O4/c1-3-32-22-15-17-13-14-29-25(21(17)16-23(22)33-4-2)24(26(30)28-18-9-5-6-10-18)19-11-7-8-12-20(19)27(29)31/h7-8,11-12,15-16,18,24-25H,3-6,9-10,13-14H2,1-2H3,(H,28,30)/t24-,25-/m0/s1. The van der Waals surface area contributed by atoms with Crippen LogP contribution in [0, 0.1) is 0 Å². The molecule has 2 aromatic rings. The highest BCUT2D eigenvalue weighted by molar-refractivity contribution is 6.01. The van der Waals surface area contributed by atoms with E-state index in [2.05, 4.69) is 5.32 Å². The fourth-order valence-electron chi connectivity index (χ4n) is 5.71. The van der Waals surface area contributed by atoms with Crippen molar-refractivity contribution in [1.82, 2.24) is 10.2 Å². The molecule has 1 fully saturated rings. The Hall–Kier alpha value is -3.02. The second-order valence-corrected chi connectivity index (χ2v) is 9.11. The van der Waals surface area contributed by atoms with E-state index in [-0.39, 0.29) is 23.9 Å². The second-order valence-electron chi connectivity index (χ2n) is 9.11. The van der Waals surface area contributed by atoms with Crippen LogP contribution >= 0.6 is 0 Å². The van der Waals surface area contributed by atoms with Crippen molar-refractivity contribution in [2.45, 2.75) is 64.0 Å². The Kier molecular flexibility index (Phi) is 6.00. The van der Waals surface area contributed by atoms with Gasteiger partial charge in [0.2, 0.25) is 5.91 Å². The van der Waals surface area contributed by atoms with Gasteiger partial charge in [-0.05, 0) is 68.0 Å². The minimum absolute atomic E-state index is 0.00184. The molecule has 174 valence electrons. The van der Waals surface area contributed by atoms with E-state index < -0.39 is 5.92 Å². The lowest BCUT2D eigenvalue weighted by atomic mass is 9.75. The fourth-order valence-corrected chi connectivity index (χ4v) is 5.71. The predicted octanol–water partition coefficient (Wildman–Crippen LogP) is 4.38. The maximum Gasteiger partial charge on any atom is 0.254 e. The summed E-state index contributed by atoms with van der Waals surface area (Å²) >= 11 is 0. The van der Waals surface area contributed by atoms with E-state index in [9.17, 15) is 9.59 Å². The fraction of sp³-hybridized carbons (Fsp3) is 0.481. The summed E-state index contributed by atoms with van der Waals surface area (Å²) in [5, 5.41) is 3.31. The van der Waals surface area contributed by atoms with Crippen molar-refractivity contribution in [3.63, 3.8) is 0 Å². The molecule has 3 aliphatic rings. The summed E-state index contributed by atoms with van der Waals surface area (Å²) < 4.78 is 11.8. The topological polar surface area (TPSA) is 67.9 Å². The van der Waals surface area contributed by atoms with Gasteiger partial charge in [-0.2, -0.15) is 0 Å². The van der Waals surface area contributed by atoms with Crippen molar-refractivity contribution < 1.29 is 19.1 Å². The molecule has 2 heterocycles. The van der Waals surface area contributed by atoms with Crippen molar-refractivity contribution in [3.8, 4) is 11.5 Å². The summed E-state index contributed by atoms with van der Waals surface area (Å²) in [6.07, 6.45) is 5.08. The van der Waals surface area contributed by atoms with Gasteiger partial charge in [-0.1, -0.05) is 31.0 Å². The van der Waals surface area contributed by atoms with Crippen LogP contribution in [0.5, 0.6) is 11.5 Å². The monoisotopic (exact) mass is 448 g/mol. The molecule has 2 aromatic carbocycles. The number of hydrogen-bond acceptors (Lipinski definition) is 4. The van der Waals surface area contributed by atoms with Gasteiger partial charge in [-0.15, -0.1) is 0 Å². The molecule has 0 radical (unpaired) electrons. The van der Waals surface area contributed by atoms with Crippen LogP contribution in [0.4, 0.5) is 0 Å². The van der Waals surface area contributed by atoms with Gasteiger partial charge in [0.05, 0.1) is 25.2 Å². The molecular formula is C27H32N2O4. The third-order valence-electron chi connectivity index (χ3n) is 7.17. The molecule has 0 spiro atoms. The highest BCUT2D eigenvalue weighted by atomic mass is 16.5. The maximum atomic E-state index is 13.8. The largest absolute Gasteiger partial charge is 0.490 e. The van der Waals surface area contributed by atoms with Gasteiger partial charge in [0.25, 0.3) is 5.91 Å². The van der Waals surface area contributed by atoms with E-state index >= 15 is 0 Å². The Morgan fingerprint density at radius 2 is 1.73 bits per heavy atom. The van der Waals surface area contributed by atoms with Crippen LogP contribution in [0.2, 0.25) is 0 Å². The zero-order valence-electron chi connectivity index (χ0n) is 19.4. The van der Waals surface area contributed by atoms with Crippen molar-refractivity contribution in [1.29, 1.82) is 0 Å². The van der Waals surface area contributed by atoms with E-state index in [4.69, 9.17) is 9.47 Å². The zero-order valence-corrected chi connectivity index (χ0v) is 19.4. The SMILES string of the molecule is CCOc1cc2c(cc1OCC)[C@H]1[C@@H](C(=O)NC3CCCC3)c3ccccc3C(=O)N1CC2. The molecule has 0 aromatic heterocycles. The molecule has 1 aliphatic carbocycles. The number of carbonyl (C=O) groups excluding carboxylic acids is 2. The third kappa shape index (κ3) is 3.85. The molecule has 0 saturated heterocycles. The van der Waals surface area contributed by atoms with Crippen LogP contribution in [0.1, 0.15) is 78.5 Å². The van der Waals surface area contributed by atoms with Crippen LogP contribution in [-0.2, 0) is 11.2 Å². The van der Waals surface area contributed by atoms with E-state index in [0.717, 1.165) is 54.5 Å². The molecule has 6 heteroatoms. The van der Waals surface area contributed by atoms with E-state index in [1.54, 1.807) is 0 Å². The van der Waals surface area contributed by atoms with Crippen LogP contribution in [0.3, 0.4) is 0 Å². The van der Waals surface area contributed by atoms with E-state index in [0.29, 0.717) is 31.1 Å². The van der Waals surface area contributed by atoms with Crippen molar-refractivity contribution in [3.05, 3.63) is 58.7 Å². The molecule has 0 bridgehead atoms. The van der Waals surface area contributed by atoms with Crippen LogP contribution in [-0.4, -0.2) is 42.5 Å².